The predicted octanol–water partition coefficient (Wildman–Crippen LogP) is 5.52. The van der Waals surface area contributed by atoms with Gasteiger partial charge in [-0.05, 0) is 29.3 Å². The Morgan fingerprint density at radius 1 is 0.828 bits per heavy atom. The number of allylic oxidation sites excluding steroid dienone is 1. The summed E-state index contributed by atoms with van der Waals surface area (Å²) in [5.41, 5.74) is 6.08. The molecule has 0 unspecified atom stereocenters. The van der Waals surface area contributed by atoms with E-state index in [0.717, 1.165) is 39.8 Å². The Balaban J connectivity index is 1.53. The lowest BCUT2D eigenvalue weighted by molar-refractivity contribution is 0.100. The molecule has 0 radical (unpaired) electrons. The Hall–Kier alpha value is -3.72. The molecule has 0 saturated heterocycles. The van der Waals surface area contributed by atoms with Gasteiger partial charge in [0.25, 0.3) is 0 Å². The molecule has 0 aliphatic carbocycles. The van der Waals surface area contributed by atoms with Crippen LogP contribution in [0, 0.1) is 0 Å². The van der Waals surface area contributed by atoms with Crippen molar-refractivity contribution in [1.82, 2.24) is 4.98 Å². The molecule has 0 atom stereocenters. The van der Waals surface area contributed by atoms with E-state index in [4.69, 9.17) is 4.98 Å². The van der Waals surface area contributed by atoms with Gasteiger partial charge in [0.2, 0.25) is 0 Å². The molecule has 1 aromatic heterocycles. The first kappa shape index (κ1) is 17.4. The summed E-state index contributed by atoms with van der Waals surface area (Å²) in [6, 6.07) is 30.1. The lowest BCUT2D eigenvalue weighted by atomic mass is 9.96. The van der Waals surface area contributed by atoms with Crippen molar-refractivity contribution < 1.29 is 4.79 Å². The molecule has 0 saturated carbocycles. The van der Waals surface area contributed by atoms with E-state index in [1.165, 1.54) is 5.56 Å². The van der Waals surface area contributed by atoms with Gasteiger partial charge in [0.1, 0.15) is 0 Å². The summed E-state index contributed by atoms with van der Waals surface area (Å²) in [7, 11) is 0. The zero-order chi connectivity index (χ0) is 19.6. The van der Waals surface area contributed by atoms with Gasteiger partial charge >= 0.3 is 0 Å². The average Bonchev–Trinajstić information content (AvgIpc) is 2.79. The summed E-state index contributed by atoms with van der Waals surface area (Å²) in [5, 5.41) is 1.13. The number of carbonyl (C=O) groups is 1. The monoisotopic (exact) mass is 376 g/mol. The van der Waals surface area contributed by atoms with E-state index < -0.39 is 0 Å². The van der Waals surface area contributed by atoms with Crippen LogP contribution in [-0.4, -0.2) is 17.3 Å². The van der Waals surface area contributed by atoms with E-state index >= 15 is 0 Å². The van der Waals surface area contributed by atoms with Gasteiger partial charge in [-0.3, -0.25) is 4.79 Å². The first-order chi connectivity index (χ1) is 14.3. The maximum atomic E-state index is 12.9. The third kappa shape index (κ3) is 3.43. The van der Waals surface area contributed by atoms with Crippen LogP contribution in [0.1, 0.15) is 21.6 Å². The van der Waals surface area contributed by atoms with E-state index in [1.807, 2.05) is 60.7 Å². The largest absolute Gasteiger partial charge is 0.340 e. The Morgan fingerprint density at radius 3 is 2.48 bits per heavy atom. The van der Waals surface area contributed by atoms with E-state index in [9.17, 15) is 4.79 Å². The lowest BCUT2D eigenvalue weighted by Gasteiger charge is -2.29. The molecule has 5 rings (SSSR count). The van der Waals surface area contributed by atoms with Crippen LogP contribution in [0.4, 0.5) is 5.69 Å². The summed E-state index contributed by atoms with van der Waals surface area (Å²) >= 11 is 0. The fourth-order valence-corrected chi connectivity index (χ4v) is 3.85. The average molecular weight is 376 g/mol. The maximum Gasteiger partial charge on any atom is 0.182 e. The molecular formula is C26H20N2O. The maximum absolute atomic E-state index is 12.9. The first-order valence-electron chi connectivity index (χ1n) is 9.77. The summed E-state index contributed by atoms with van der Waals surface area (Å²) in [4.78, 5) is 19.8. The number of nitrogens with zero attached hydrogens (tertiary/aromatic N) is 2. The number of Topliss-reactive ketones (excluding diaryl/α,β-unsaturated/α-hetero) is 1. The third-order valence-corrected chi connectivity index (χ3v) is 5.33. The number of hydrogen-bond donors (Lipinski definition) is 0. The zero-order valence-electron chi connectivity index (χ0n) is 16.0. The second kappa shape index (κ2) is 7.36. The first-order valence-corrected chi connectivity index (χ1v) is 9.77. The number of ketones is 1. The van der Waals surface area contributed by atoms with Crippen molar-refractivity contribution in [2.75, 3.05) is 11.4 Å². The number of hydrogen-bond acceptors (Lipinski definition) is 3. The number of fused-ring (bicyclic) bond motifs is 2. The van der Waals surface area contributed by atoms with Crippen molar-refractivity contribution in [2.24, 2.45) is 0 Å². The normalized spacial score (nSPS) is 13.1. The number of carbonyl (C=O) groups excluding carboxylic acids is 1. The van der Waals surface area contributed by atoms with Crippen LogP contribution in [0.15, 0.2) is 97.2 Å². The number of rotatable bonds is 4. The minimum atomic E-state index is 0.101. The summed E-state index contributed by atoms with van der Waals surface area (Å²) < 4.78 is 0. The highest BCUT2D eigenvalue weighted by Gasteiger charge is 2.21. The molecule has 3 aromatic carbocycles. The molecule has 29 heavy (non-hydrogen) atoms. The summed E-state index contributed by atoms with van der Waals surface area (Å²) in [5.74, 6) is 0.101. The Bertz CT molecular complexity index is 1230. The Kier molecular flexibility index (Phi) is 4.41. The fraction of sp³-hybridized carbons (Fsp3) is 0.0769. The van der Waals surface area contributed by atoms with Crippen molar-refractivity contribution in [3.05, 3.63) is 114 Å². The van der Waals surface area contributed by atoms with Gasteiger partial charge in [-0.25, -0.2) is 4.98 Å². The Labute approximate surface area is 169 Å². The van der Waals surface area contributed by atoms with E-state index in [0.29, 0.717) is 6.54 Å². The molecule has 0 N–H and O–H groups in total. The van der Waals surface area contributed by atoms with Crippen molar-refractivity contribution in [3.8, 4) is 0 Å². The summed E-state index contributed by atoms with van der Waals surface area (Å²) in [6.07, 6.45) is 2.89. The highest BCUT2D eigenvalue weighted by Crippen LogP contribution is 2.33. The van der Waals surface area contributed by atoms with Gasteiger partial charge < -0.3 is 4.90 Å². The highest BCUT2D eigenvalue weighted by molar-refractivity contribution is 6.00. The topological polar surface area (TPSA) is 33.2 Å². The summed E-state index contributed by atoms with van der Waals surface area (Å²) in [6.45, 7) is 0.304. The molecule has 3 nitrogen and oxygen atoms in total. The molecule has 2 heterocycles. The van der Waals surface area contributed by atoms with Crippen LogP contribution in [0.25, 0.3) is 16.5 Å². The van der Waals surface area contributed by atoms with E-state index in [2.05, 4.69) is 41.4 Å². The second-order valence-electron chi connectivity index (χ2n) is 7.27. The molecule has 140 valence electrons. The highest BCUT2D eigenvalue weighted by atomic mass is 16.1. The minimum Gasteiger partial charge on any atom is -0.340 e. The van der Waals surface area contributed by atoms with Gasteiger partial charge in [-0.1, -0.05) is 72.8 Å². The van der Waals surface area contributed by atoms with Crippen molar-refractivity contribution in [2.45, 2.75) is 6.42 Å². The van der Waals surface area contributed by atoms with Crippen molar-refractivity contribution >= 4 is 27.9 Å². The molecule has 0 fully saturated rings. The number of anilines is 1. The van der Waals surface area contributed by atoms with E-state index in [-0.39, 0.29) is 5.78 Å². The molecule has 0 spiro atoms. The van der Waals surface area contributed by atoms with Gasteiger partial charge in [0, 0.05) is 29.3 Å². The van der Waals surface area contributed by atoms with Crippen molar-refractivity contribution in [1.29, 1.82) is 0 Å². The SMILES string of the molecule is O=C(CN1C=C(c2ccc3ccccc3n2)Cc2ccccc21)c1ccccc1. The van der Waals surface area contributed by atoms with Gasteiger partial charge in [0.15, 0.2) is 5.78 Å². The van der Waals surface area contributed by atoms with Crippen LogP contribution < -0.4 is 4.90 Å². The van der Waals surface area contributed by atoms with Crippen LogP contribution >= 0.6 is 0 Å². The molecular weight excluding hydrogens is 356 g/mol. The number of benzene rings is 3. The van der Waals surface area contributed by atoms with Crippen LogP contribution in [0.2, 0.25) is 0 Å². The molecule has 4 aromatic rings. The van der Waals surface area contributed by atoms with Crippen LogP contribution in [0.5, 0.6) is 0 Å². The zero-order valence-corrected chi connectivity index (χ0v) is 16.0. The number of aromatic nitrogens is 1. The lowest BCUT2D eigenvalue weighted by Crippen LogP contribution is -2.28. The smallest absolute Gasteiger partial charge is 0.182 e. The van der Waals surface area contributed by atoms with Crippen LogP contribution in [-0.2, 0) is 6.42 Å². The molecule has 1 aliphatic rings. The minimum absolute atomic E-state index is 0.101. The Morgan fingerprint density at radius 2 is 1.59 bits per heavy atom. The third-order valence-electron chi connectivity index (χ3n) is 5.33. The second-order valence-corrected chi connectivity index (χ2v) is 7.27. The molecule has 0 amide bonds. The van der Waals surface area contributed by atoms with Crippen molar-refractivity contribution in [3.63, 3.8) is 0 Å². The van der Waals surface area contributed by atoms with Gasteiger partial charge in [0.05, 0.1) is 17.8 Å². The fourth-order valence-electron chi connectivity index (χ4n) is 3.85. The number of para-hydroxylation sites is 2. The van der Waals surface area contributed by atoms with Gasteiger partial charge in [-0.15, -0.1) is 0 Å². The molecule has 3 heteroatoms. The van der Waals surface area contributed by atoms with Crippen LogP contribution in [0.3, 0.4) is 0 Å². The quantitative estimate of drug-likeness (QED) is 0.440. The standard InChI is InChI=1S/C26H20N2O/c29-26(20-9-2-1-3-10-20)18-28-17-22(16-21-11-5-7-13-25(21)28)24-15-14-19-8-4-6-12-23(19)27-24/h1-15,17H,16,18H2. The number of pyridine rings is 1. The predicted molar refractivity (Wildman–Crippen MR) is 118 cm³/mol. The molecule has 0 bridgehead atoms. The van der Waals surface area contributed by atoms with E-state index in [1.54, 1.807) is 0 Å². The van der Waals surface area contributed by atoms with Gasteiger partial charge in [-0.2, -0.15) is 0 Å². The molecule has 1 aliphatic heterocycles.